The summed E-state index contributed by atoms with van der Waals surface area (Å²) in [6, 6.07) is 57.4. The van der Waals surface area contributed by atoms with Crippen LogP contribution in [0.25, 0.3) is 45.8 Å². The van der Waals surface area contributed by atoms with Crippen LogP contribution in [0.3, 0.4) is 0 Å². The van der Waals surface area contributed by atoms with E-state index >= 15 is 0 Å². The number of nitrogens with zero attached hydrogens (tertiary/aromatic N) is 4. The van der Waals surface area contributed by atoms with Gasteiger partial charge in [0.05, 0.1) is 60.8 Å². The Labute approximate surface area is 404 Å². The van der Waals surface area contributed by atoms with Crippen molar-refractivity contribution < 1.29 is 28.8 Å². The number of fused-ring (bicyclic) bond motifs is 2. The maximum Gasteiger partial charge on any atom is 0.277 e. The lowest BCUT2D eigenvalue weighted by molar-refractivity contribution is -0.389. The molecule has 0 spiro atoms. The van der Waals surface area contributed by atoms with Gasteiger partial charge in [-0.05, 0) is 120 Å². The second-order valence-electron chi connectivity index (χ2n) is 16.1. The fourth-order valence-corrected chi connectivity index (χ4v) is 8.61. The Hall–Kier alpha value is -9.42. The maximum absolute atomic E-state index is 12.5. The molecule has 12 heteroatoms. The summed E-state index contributed by atoms with van der Waals surface area (Å²) >= 11 is 0. The van der Waals surface area contributed by atoms with E-state index in [0.29, 0.717) is 0 Å². The summed E-state index contributed by atoms with van der Waals surface area (Å²) in [5.41, 5.74) is 6.44. The lowest BCUT2D eigenvalue weighted by atomic mass is 10.0. The molecule has 0 heterocycles. The van der Waals surface area contributed by atoms with E-state index in [4.69, 9.17) is 18.9 Å². The van der Waals surface area contributed by atoms with Crippen molar-refractivity contribution in [2.75, 3.05) is 38.2 Å². The topological polar surface area (TPSA) is 130 Å². The van der Waals surface area contributed by atoms with E-state index in [1.54, 1.807) is 40.6 Å². The summed E-state index contributed by atoms with van der Waals surface area (Å²) in [6.45, 7) is 0. The molecule has 0 aliphatic carbocycles. The molecule has 0 saturated heterocycles. The predicted octanol–water partition coefficient (Wildman–Crippen LogP) is 15.1. The van der Waals surface area contributed by atoms with Gasteiger partial charge in [-0.3, -0.25) is 20.2 Å². The number of benzene rings is 9. The molecule has 0 amide bonds. The largest absolute Gasteiger partial charge is 0.497 e. The average molecular weight is 927 g/mol. The summed E-state index contributed by atoms with van der Waals surface area (Å²) in [6.07, 6.45) is 6.48. The van der Waals surface area contributed by atoms with Crippen molar-refractivity contribution in [1.82, 2.24) is 0 Å². The zero-order valence-corrected chi connectivity index (χ0v) is 38.7. The molecule has 70 heavy (non-hydrogen) atoms. The van der Waals surface area contributed by atoms with Crippen molar-refractivity contribution in [3.63, 3.8) is 0 Å². The van der Waals surface area contributed by atoms with Crippen LogP contribution in [-0.2, 0) is 0 Å². The van der Waals surface area contributed by atoms with Crippen LogP contribution in [0, 0.1) is 20.2 Å². The Balaban J connectivity index is 1.01. The number of methoxy groups -OCH3 is 4. The summed E-state index contributed by atoms with van der Waals surface area (Å²) in [7, 11) is 6.55. The van der Waals surface area contributed by atoms with Crippen LogP contribution in [0.2, 0.25) is 0 Å². The molecule has 0 radical (unpaired) electrons. The van der Waals surface area contributed by atoms with Gasteiger partial charge in [-0.25, -0.2) is 0 Å². The number of nitro groups is 2. The first-order valence-electron chi connectivity index (χ1n) is 22.2. The molecule has 9 rings (SSSR count). The molecule has 0 fully saturated rings. The van der Waals surface area contributed by atoms with Gasteiger partial charge >= 0.3 is 0 Å². The molecule has 0 bridgehead atoms. The highest BCUT2D eigenvalue weighted by atomic mass is 16.6. The van der Waals surface area contributed by atoms with Gasteiger partial charge in [-0.1, -0.05) is 84.9 Å². The van der Waals surface area contributed by atoms with Crippen molar-refractivity contribution in [2.45, 2.75) is 0 Å². The van der Waals surface area contributed by atoms with Gasteiger partial charge in [-0.2, -0.15) is 0 Å². The second kappa shape index (κ2) is 20.2. The fraction of sp³-hybridized carbons (Fsp3) is 0.0690. The molecule has 346 valence electrons. The monoisotopic (exact) mass is 926 g/mol. The van der Waals surface area contributed by atoms with E-state index in [1.165, 1.54) is 24.3 Å². The highest BCUT2D eigenvalue weighted by Gasteiger charge is 2.23. The Morgan fingerprint density at radius 1 is 0.386 bits per heavy atom. The van der Waals surface area contributed by atoms with Crippen LogP contribution < -0.4 is 28.7 Å². The fourth-order valence-electron chi connectivity index (χ4n) is 8.61. The lowest BCUT2D eigenvalue weighted by Crippen LogP contribution is -2.10. The average Bonchev–Trinajstić information content (AvgIpc) is 3.40. The first-order chi connectivity index (χ1) is 34.2. The van der Waals surface area contributed by atoms with Crippen molar-refractivity contribution in [2.24, 2.45) is 0 Å². The molecule has 12 nitrogen and oxygen atoms in total. The Bertz CT molecular complexity index is 3200. The number of hydrogen-bond donors (Lipinski definition) is 0. The highest BCUT2D eigenvalue weighted by molar-refractivity contribution is 6.03. The Morgan fingerprint density at radius 3 is 1.03 bits per heavy atom. The second-order valence-corrected chi connectivity index (χ2v) is 16.1. The van der Waals surface area contributed by atoms with Crippen molar-refractivity contribution in [1.29, 1.82) is 0 Å². The molecule has 0 atom stereocenters. The van der Waals surface area contributed by atoms with Crippen molar-refractivity contribution in [3.05, 3.63) is 224 Å². The zero-order chi connectivity index (χ0) is 48.7. The SMILES string of the molecule is COc1ccc(N(c2ccc(/C=C/c3cc([N+](=O)[O-])c(/C=C/c4ccc(N(c5ccc(OC)cc5)c5ccc(OC)c6ccccc56)cc4)cc3[N+](=O)[O-])cc2)c2ccc(OC)c3ccccc23)cc1. The molecular weight excluding hydrogens is 881 g/mol. The first-order valence-corrected chi connectivity index (χ1v) is 22.2. The van der Waals surface area contributed by atoms with Crippen LogP contribution in [0.4, 0.5) is 45.5 Å². The standard InChI is InChI=1S/C58H46N4O8/c1-67-47-29-25-45(26-30-47)59(53-33-35-57(69-3)51-11-7-5-9-49(51)53)43-21-15-39(16-22-43)13-19-41-37-56(62(65)66)42(38-55(41)61(63)64)20-14-40-17-23-44(24-18-40)60(46-27-31-48(68-2)32-28-46)54-34-36-58(70-4)52-12-8-6-10-50(52)54/h5-38H,1-4H3/b19-13+,20-14+. The number of rotatable bonds is 16. The molecule has 0 aliphatic heterocycles. The van der Waals surface area contributed by atoms with Crippen molar-refractivity contribution >= 4 is 91.3 Å². The molecule has 0 N–H and O–H groups in total. The quantitative estimate of drug-likeness (QED) is 0.0524. The van der Waals surface area contributed by atoms with Crippen LogP contribution in [-0.4, -0.2) is 38.3 Å². The van der Waals surface area contributed by atoms with Gasteiger partial charge in [0.15, 0.2) is 0 Å². The Morgan fingerprint density at radius 2 is 0.714 bits per heavy atom. The minimum Gasteiger partial charge on any atom is -0.497 e. The molecule has 0 saturated carbocycles. The predicted molar refractivity (Wildman–Crippen MR) is 281 cm³/mol. The summed E-state index contributed by atoms with van der Waals surface area (Å²) in [4.78, 5) is 28.3. The molecule has 0 aliphatic rings. The zero-order valence-electron chi connectivity index (χ0n) is 38.7. The Kier molecular flexibility index (Phi) is 13.2. The third-order valence-corrected chi connectivity index (χ3v) is 12.1. The molecular formula is C58H46N4O8. The smallest absolute Gasteiger partial charge is 0.277 e. The van der Waals surface area contributed by atoms with E-state index in [9.17, 15) is 20.2 Å². The van der Waals surface area contributed by atoms with Gasteiger partial charge in [0, 0.05) is 56.4 Å². The first kappa shape index (κ1) is 45.7. The van der Waals surface area contributed by atoms with Gasteiger partial charge in [0.2, 0.25) is 0 Å². The van der Waals surface area contributed by atoms with E-state index in [0.717, 1.165) is 89.8 Å². The minimum absolute atomic E-state index is 0.0940. The third-order valence-electron chi connectivity index (χ3n) is 12.1. The van der Waals surface area contributed by atoms with E-state index in [-0.39, 0.29) is 22.5 Å². The number of ether oxygens (including phenoxy) is 4. The molecule has 0 unspecified atom stereocenters. The maximum atomic E-state index is 12.5. The van der Waals surface area contributed by atoms with Crippen LogP contribution in [0.1, 0.15) is 22.3 Å². The molecule has 0 aromatic heterocycles. The van der Waals surface area contributed by atoms with Crippen LogP contribution in [0.5, 0.6) is 23.0 Å². The molecule has 9 aromatic carbocycles. The summed E-state index contributed by atoms with van der Waals surface area (Å²) in [5.74, 6) is 2.96. The number of hydrogen-bond acceptors (Lipinski definition) is 10. The summed E-state index contributed by atoms with van der Waals surface area (Å²) in [5, 5.41) is 28.9. The third kappa shape index (κ3) is 9.29. The van der Waals surface area contributed by atoms with Crippen molar-refractivity contribution in [3.8, 4) is 23.0 Å². The lowest BCUT2D eigenvalue weighted by Gasteiger charge is -2.27. The van der Waals surface area contributed by atoms with E-state index in [1.807, 2.05) is 158 Å². The van der Waals surface area contributed by atoms with Crippen LogP contribution in [0.15, 0.2) is 182 Å². The number of anilines is 6. The van der Waals surface area contributed by atoms with Gasteiger partial charge in [0.1, 0.15) is 23.0 Å². The molecule has 9 aromatic rings. The van der Waals surface area contributed by atoms with E-state index < -0.39 is 9.85 Å². The minimum atomic E-state index is -0.527. The highest BCUT2D eigenvalue weighted by Crippen LogP contribution is 2.44. The van der Waals surface area contributed by atoms with Crippen LogP contribution >= 0.6 is 0 Å². The normalized spacial score (nSPS) is 11.3. The van der Waals surface area contributed by atoms with Gasteiger partial charge in [0.25, 0.3) is 11.4 Å². The van der Waals surface area contributed by atoms with Gasteiger partial charge < -0.3 is 28.7 Å². The number of nitro benzene ring substituents is 2. The van der Waals surface area contributed by atoms with Gasteiger partial charge in [-0.15, -0.1) is 0 Å². The summed E-state index contributed by atoms with van der Waals surface area (Å²) < 4.78 is 22.3. The van der Waals surface area contributed by atoms with E-state index in [2.05, 4.69) is 21.9 Å².